The molecule has 5 aromatic rings. The van der Waals surface area contributed by atoms with Crippen LogP contribution < -0.4 is 10.6 Å². The van der Waals surface area contributed by atoms with Crippen molar-refractivity contribution in [1.82, 2.24) is 15.3 Å². The van der Waals surface area contributed by atoms with Gasteiger partial charge in [0.15, 0.2) is 0 Å². The van der Waals surface area contributed by atoms with Crippen LogP contribution in [0.1, 0.15) is 45.7 Å². The Bertz CT molecular complexity index is 1520. The molecule has 0 saturated heterocycles. The van der Waals surface area contributed by atoms with Crippen LogP contribution in [0, 0.1) is 6.92 Å². The van der Waals surface area contributed by atoms with Gasteiger partial charge in [0, 0.05) is 41.0 Å². The van der Waals surface area contributed by atoms with E-state index in [9.17, 15) is 0 Å². The van der Waals surface area contributed by atoms with Crippen LogP contribution in [0.4, 0.5) is 5.82 Å². The molecule has 0 fully saturated rings. The average Bonchev–Trinajstić information content (AvgIpc) is 3.02. The zero-order valence-electron chi connectivity index (χ0n) is 25.8. The predicted octanol–water partition coefficient (Wildman–Crippen LogP) is 9.38. The summed E-state index contributed by atoms with van der Waals surface area (Å²) in [7, 11) is 1.96. The Kier molecular flexibility index (Phi) is 13.8. The van der Waals surface area contributed by atoms with E-state index in [1.54, 1.807) is 0 Å². The summed E-state index contributed by atoms with van der Waals surface area (Å²) in [5.41, 5.74) is 6.68. The lowest BCUT2D eigenvalue weighted by molar-refractivity contribution is -0.0980. The molecule has 5 nitrogen and oxygen atoms in total. The number of hydrogen-bond donors (Lipinski definition) is 2. The highest BCUT2D eigenvalue weighted by Crippen LogP contribution is 2.41. The first-order valence-corrected chi connectivity index (χ1v) is 14.5. The van der Waals surface area contributed by atoms with E-state index in [1.165, 1.54) is 5.56 Å². The summed E-state index contributed by atoms with van der Waals surface area (Å²) < 4.78 is 0. The first-order chi connectivity index (χ1) is 20.3. The number of rotatable bonds is 5. The van der Waals surface area contributed by atoms with Gasteiger partial charge in [0.25, 0.3) is 0 Å². The minimum atomic E-state index is 0.292. The monoisotopic (exact) mass is 582 g/mol. The molecular weight excluding hydrogens is 540 g/mol. The summed E-state index contributed by atoms with van der Waals surface area (Å²) in [6.07, 6.45) is 3.69. The lowest BCUT2D eigenvalue weighted by Gasteiger charge is -2.17. The summed E-state index contributed by atoms with van der Waals surface area (Å²) in [6, 6.07) is 29.1. The number of aryl methyl sites for hydroxylation is 1. The summed E-state index contributed by atoms with van der Waals surface area (Å²) in [4.78, 5) is 17.2. The standard InChI is InChI=1S/C28H22ClN3.C5H13N.C2H6.CH2O/c1-19-15-22(18-30-16-19)25-24-14-8-13-23(21-11-6-3-7-12-21)26(24)28(32-27(25)29)31-17-20-9-4-2-5-10-20;1-5(2,3)6-4;2*1-2/h2-16,18H,17H2,1H3,(H,31,32);6H,1-4H3;1-2H3;1H2. The molecule has 2 N–H and O–H groups in total. The first-order valence-electron chi connectivity index (χ1n) is 14.1. The van der Waals surface area contributed by atoms with Crippen LogP contribution in [0.3, 0.4) is 0 Å². The number of anilines is 1. The maximum absolute atomic E-state index is 8.00. The molecule has 0 amide bonds. The minimum absolute atomic E-state index is 0.292. The van der Waals surface area contributed by atoms with Gasteiger partial charge in [-0.1, -0.05) is 104 Å². The second-order valence-electron chi connectivity index (χ2n) is 10.3. The number of fused-ring (bicyclic) bond motifs is 1. The molecule has 3 aromatic carbocycles. The highest BCUT2D eigenvalue weighted by atomic mass is 35.5. The molecule has 220 valence electrons. The van der Waals surface area contributed by atoms with Gasteiger partial charge < -0.3 is 15.4 Å². The number of benzene rings is 3. The van der Waals surface area contributed by atoms with Crippen molar-refractivity contribution in [2.75, 3.05) is 12.4 Å². The highest BCUT2D eigenvalue weighted by Gasteiger charge is 2.18. The number of nitrogens with one attached hydrogen (secondary N) is 2. The van der Waals surface area contributed by atoms with Gasteiger partial charge >= 0.3 is 0 Å². The highest BCUT2D eigenvalue weighted by molar-refractivity contribution is 6.34. The van der Waals surface area contributed by atoms with E-state index in [4.69, 9.17) is 21.4 Å². The SMILES string of the molecule is C=O.CC.CNC(C)(C)C.Cc1cncc(-c2c(Cl)nc(NCc3ccccc3)c3c(-c4ccccc4)cccc23)c1. The fourth-order valence-electron chi connectivity index (χ4n) is 4.07. The zero-order chi connectivity index (χ0) is 31.1. The number of carbonyl (C=O) groups excluding carboxylic acids is 1. The van der Waals surface area contributed by atoms with Crippen molar-refractivity contribution in [2.45, 2.75) is 53.6 Å². The van der Waals surface area contributed by atoms with Crippen LogP contribution in [0.15, 0.2) is 97.3 Å². The maximum Gasteiger partial charge on any atom is 0.140 e. The molecule has 0 atom stereocenters. The molecule has 5 rings (SSSR count). The molecule has 6 heteroatoms. The number of pyridine rings is 2. The number of nitrogens with zero attached hydrogens (tertiary/aromatic N) is 2. The molecule has 0 aliphatic heterocycles. The minimum Gasteiger partial charge on any atom is -0.365 e. The normalized spacial score (nSPS) is 10.3. The van der Waals surface area contributed by atoms with Gasteiger partial charge in [-0.2, -0.15) is 0 Å². The van der Waals surface area contributed by atoms with Crippen LogP contribution in [0.2, 0.25) is 5.15 Å². The third-order valence-corrected chi connectivity index (χ3v) is 6.56. The van der Waals surface area contributed by atoms with Crippen LogP contribution >= 0.6 is 11.6 Å². The van der Waals surface area contributed by atoms with E-state index in [0.29, 0.717) is 17.2 Å². The molecule has 0 bridgehead atoms. The Hall–Kier alpha value is -4.06. The summed E-state index contributed by atoms with van der Waals surface area (Å²) in [6.45, 7) is 15.1. The largest absolute Gasteiger partial charge is 0.365 e. The summed E-state index contributed by atoms with van der Waals surface area (Å²) >= 11 is 6.80. The molecule has 2 heterocycles. The second-order valence-corrected chi connectivity index (χ2v) is 10.7. The first kappa shape index (κ1) is 34.1. The van der Waals surface area contributed by atoms with Crippen LogP contribution in [-0.4, -0.2) is 29.3 Å². The van der Waals surface area contributed by atoms with Crippen molar-refractivity contribution in [3.63, 3.8) is 0 Å². The smallest absolute Gasteiger partial charge is 0.140 e. The average molecular weight is 583 g/mol. The number of hydrogen-bond acceptors (Lipinski definition) is 5. The van der Waals surface area contributed by atoms with E-state index < -0.39 is 0 Å². The van der Waals surface area contributed by atoms with Crippen molar-refractivity contribution in [3.05, 3.63) is 114 Å². The number of aromatic nitrogens is 2. The van der Waals surface area contributed by atoms with Crippen molar-refractivity contribution in [3.8, 4) is 22.3 Å². The fraction of sp³-hybridized carbons (Fsp3) is 0.250. The Morgan fingerprint density at radius 1 is 0.833 bits per heavy atom. The van der Waals surface area contributed by atoms with Gasteiger partial charge in [-0.3, -0.25) is 4.98 Å². The lowest BCUT2D eigenvalue weighted by atomic mass is 9.94. The molecule has 0 radical (unpaired) electrons. The van der Waals surface area contributed by atoms with Gasteiger partial charge in [-0.25, -0.2) is 4.98 Å². The third kappa shape index (κ3) is 9.51. The molecule has 42 heavy (non-hydrogen) atoms. The van der Waals surface area contributed by atoms with Gasteiger partial charge in [-0.15, -0.1) is 0 Å². The van der Waals surface area contributed by atoms with E-state index in [-0.39, 0.29) is 0 Å². The van der Waals surface area contributed by atoms with Crippen molar-refractivity contribution < 1.29 is 4.79 Å². The Balaban J connectivity index is 0.000000543. The maximum atomic E-state index is 8.00. The van der Waals surface area contributed by atoms with Crippen LogP contribution in [0.25, 0.3) is 33.0 Å². The molecule has 0 unspecified atom stereocenters. The summed E-state index contributed by atoms with van der Waals surface area (Å²) in [5.74, 6) is 0.776. The molecular formula is C36H43ClN4O. The Labute approximate surface area is 256 Å². The van der Waals surface area contributed by atoms with E-state index in [1.807, 2.05) is 71.3 Å². The lowest BCUT2D eigenvalue weighted by Crippen LogP contribution is -2.31. The molecule has 0 spiro atoms. The quantitative estimate of drug-likeness (QED) is 0.202. The van der Waals surface area contributed by atoms with Gasteiger partial charge in [-0.05, 0) is 68.4 Å². The number of halogens is 1. The predicted molar refractivity (Wildman–Crippen MR) is 181 cm³/mol. The Morgan fingerprint density at radius 3 is 2.00 bits per heavy atom. The number of carbonyl (C=O) groups is 1. The van der Waals surface area contributed by atoms with Crippen molar-refractivity contribution in [2.24, 2.45) is 0 Å². The molecule has 2 aromatic heterocycles. The van der Waals surface area contributed by atoms with E-state index in [2.05, 4.69) is 97.1 Å². The molecule has 0 aliphatic rings. The zero-order valence-corrected chi connectivity index (χ0v) is 26.6. The van der Waals surface area contributed by atoms with E-state index in [0.717, 1.165) is 44.4 Å². The van der Waals surface area contributed by atoms with Crippen LogP contribution in [0.5, 0.6) is 0 Å². The second kappa shape index (κ2) is 17.0. The van der Waals surface area contributed by atoms with Gasteiger partial charge in [0.2, 0.25) is 0 Å². The van der Waals surface area contributed by atoms with Gasteiger partial charge in [0.05, 0.1) is 0 Å². The molecule has 0 aliphatic carbocycles. The molecule has 0 saturated carbocycles. The van der Waals surface area contributed by atoms with Crippen molar-refractivity contribution >= 4 is 35.0 Å². The Morgan fingerprint density at radius 2 is 1.43 bits per heavy atom. The van der Waals surface area contributed by atoms with E-state index >= 15 is 0 Å². The fourth-order valence-corrected chi connectivity index (χ4v) is 4.37. The topological polar surface area (TPSA) is 66.9 Å². The van der Waals surface area contributed by atoms with Crippen molar-refractivity contribution in [1.29, 1.82) is 0 Å². The van der Waals surface area contributed by atoms with Crippen LogP contribution in [-0.2, 0) is 11.3 Å². The third-order valence-electron chi connectivity index (χ3n) is 6.29. The van der Waals surface area contributed by atoms with Gasteiger partial charge in [0.1, 0.15) is 17.8 Å². The summed E-state index contributed by atoms with van der Waals surface area (Å²) in [5, 5.41) is 9.20.